The van der Waals surface area contributed by atoms with Gasteiger partial charge in [0, 0.05) is 47.0 Å². The molecule has 0 fully saturated rings. The first kappa shape index (κ1) is 12.9. The van der Waals surface area contributed by atoms with E-state index in [1.54, 1.807) is 0 Å². The van der Waals surface area contributed by atoms with Crippen LogP contribution >= 0.6 is 0 Å². The summed E-state index contributed by atoms with van der Waals surface area (Å²) in [5.74, 6) is 0.231. The van der Waals surface area contributed by atoms with Crippen molar-refractivity contribution in [2.75, 3.05) is 0 Å². The van der Waals surface area contributed by atoms with E-state index < -0.39 is 0 Å². The van der Waals surface area contributed by atoms with Gasteiger partial charge in [-0.2, -0.15) is 0 Å². The summed E-state index contributed by atoms with van der Waals surface area (Å²) in [5.41, 5.74) is 4.30. The largest absolute Gasteiger partial charge is 0.361 e. The molecule has 0 radical (unpaired) electrons. The van der Waals surface area contributed by atoms with Crippen molar-refractivity contribution in [3.05, 3.63) is 72.1 Å². The number of carbonyl (C=O) groups excluding carboxylic acids is 1. The Labute approximate surface area is 128 Å². The molecular formula is C19H16N2O. The van der Waals surface area contributed by atoms with Crippen LogP contribution in [-0.2, 0) is 17.6 Å². The van der Waals surface area contributed by atoms with E-state index in [1.807, 2.05) is 48.8 Å². The van der Waals surface area contributed by atoms with Crippen LogP contribution in [0.2, 0.25) is 0 Å². The fraction of sp³-hybridized carbons (Fsp3) is 0.105. The van der Waals surface area contributed by atoms with Crippen molar-refractivity contribution in [1.82, 2.24) is 9.97 Å². The van der Waals surface area contributed by atoms with Crippen LogP contribution in [0, 0.1) is 0 Å². The van der Waals surface area contributed by atoms with Crippen molar-refractivity contribution < 1.29 is 4.79 Å². The molecule has 0 amide bonds. The molecule has 108 valence electrons. The summed E-state index contributed by atoms with van der Waals surface area (Å²) in [4.78, 5) is 18.9. The fourth-order valence-electron chi connectivity index (χ4n) is 3.04. The van der Waals surface area contributed by atoms with Crippen LogP contribution in [-0.4, -0.2) is 15.8 Å². The molecule has 0 bridgehead atoms. The number of Topliss-reactive ketones (excluding diaryl/α,β-unsaturated/α-hetero) is 1. The molecule has 0 aliphatic carbocycles. The van der Waals surface area contributed by atoms with Crippen molar-refractivity contribution in [3.63, 3.8) is 0 Å². The molecule has 4 aromatic rings. The zero-order chi connectivity index (χ0) is 14.9. The molecule has 22 heavy (non-hydrogen) atoms. The molecule has 0 spiro atoms. The van der Waals surface area contributed by atoms with Gasteiger partial charge in [-0.25, -0.2) is 0 Å². The lowest BCUT2D eigenvalue weighted by Gasteiger charge is -2.00. The third kappa shape index (κ3) is 2.21. The summed E-state index contributed by atoms with van der Waals surface area (Å²) in [6, 6.07) is 16.2. The van der Waals surface area contributed by atoms with Crippen molar-refractivity contribution in [1.29, 1.82) is 0 Å². The number of ketones is 1. The van der Waals surface area contributed by atoms with Crippen LogP contribution < -0.4 is 0 Å². The number of hydrogen-bond acceptors (Lipinski definition) is 1. The Kier molecular flexibility index (Phi) is 3.04. The van der Waals surface area contributed by atoms with E-state index in [1.165, 1.54) is 0 Å². The minimum absolute atomic E-state index is 0.231. The number of nitrogens with one attached hydrogen (secondary N) is 2. The van der Waals surface area contributed by atoms with Gasteiger partial charge >= 0.3 is 0 Å². The Bertz CT molecular complexity index is 884. The molecule has 0 aliphatic heterocycles. The van der Waals surface area contributed by atoms with Gasteiger partial charge in [0.2, 0.25) is 0 Å². The van der Waals surface area contributed by atoms with E-state index in [0.29, 0.717) is 12.8 Å². The van der Waals surface area contributed by atoms with Crippen molar-refractivity contribution in [2.24, 2.45) is 0 Å². The lowest BCUT2D eigenvalue weighted by Crippen LogP contribution is -2.05. The van der Waals surface area contributed by atoms with Crippen molar-refractivity contribution >= 4 is 27.6 Å². The van der Waals surface area contributed by atoms with E-state index in [4.69, 9.17) is 0 Å². The third-order valence-corrected chi connectivity index (χ3v) is 4.13. The Morgan fingerprint density at radius 2 is 1.18 bits per heavy atom. The predicted octanol–water partition coefficient (Wildman–Crippen LogP) is 4.00. The molecule has 2 heterocycles. The second-order valence-corrected chi connectivity index (χ2v) is 5.61. The summed E-state index contributed by atoms with van der Waals surface area (Å²) in [5, 5.41) is 2.27. The summed E-state index contributed by atoms with van der Waals surface area (Å²) in [6.45, 7) is 0. The fourth-order valence-corrected chi connectivity index (χ4v) is 3.04. The number of rotatable bonds is 4. The van der Waals surface area contributed by atoms with Crippen molar-refractivity contribution in [2.45, 2.75) is 12.8 Å². The second-order valence-electron chi connectivity index (χ2n) is 5.61. The van der Waals surface area contributed by atoms with Crippen LogP contribution in [0.4, 0.5) is 0 Å². The highest BCUT2D eigenvalue weighted by molar-refractivity contribution is 5.93. The van der Waals surface area contributed by atoms with Crippen LogP contribution in [0.15, 0.2) is 60.9 Å². The minimum Gasteiger partial charge on any atom is -0.361 e. The number of fused-ring (bicyclic) bond motifs is 2. The quantitative estimate of drug-likeness (QED) is 0.586. The first-order chi connectivity index (χ1) is 10.8. The molecule has 0 aliphatic rings. The van der Waals surface area contributed by atoms with Crippen LogP contribution in [0.1, 0.15) is 11.1 Å². The van der Waals surface area contributed by atoms with E-state index in [2.05, 4.69) is 22.1 Å². The maximum absolute atomic E-state index is 12.4. The molecule has 3 heteroatoms. The van der Waals surface area contributed by atoms with Crippen LogP contribution in [0.25, 0.3) is 21.8 Å². The molecule has 0 saturated heterocycles. The van der Waals surface area contributed by atoms with Gasteiger partial charge in [0.05, 0.1) is 0 Å². The zero-order valence-electron chi connectivity index (χ0n) is 12.1. The monoisotopic (exact) mass is 288 g/mol. The highest BCUT2D eigenvalue weighted by Crippen LogP contribution is 2.21. The number of H-pyrrole nitrogens is 2. The van der Waals surface area contributed by atoms with Gasteiger partial charge in [-0.05, 0) is 23.3 Å². The molecule has 3 nitrogen and oxygen atoms in total. The third-order valence-electron chi connectivity index (χ3n) is 4.13. The molecule has 2 aromatic heterocycles. The lowest BCUT2D eigenvalue weighted by molar-refractivity contribution is -0.117. The lowest BCUT2D eigenvalue weighted by atomic mass is 10.0. The van der Waals surface area contributed by atoms with Gasteiger partial charge in [-0.3, -0.25) is 4.79 Å². The van der Waals surface area contributed by atoms with Gasteiger partial charge < -0.3 is 9.97 Å². The van der Waals surface area contributed by atoms with Gasteiger partial charge in [-0.1, -0.05) is 36.4 Å². The predicted molar refractivity (Wildman–Crippen MR) is 89.0 cm³/mol. The van der Waals surface area contributed by atoms with E-state index in [0.717, 1.165) is 32.9 Å². The smallest absolute Gasteiger partial charge is 0.141 e. The van der Waals surface area contributed by atoms with Crippen LogP contribution in [0.3, 0.4) is 0 Å². The molecule has 0 saturated carbocycles. The second kappa shape index (κ2) is 5.19. The summed E-state index contributed by atoms with van der Waals surface area (Å²) in [7, 11) is 0. The zero-order valence-corrected chi connectivity index (χ0v) is 12.1. The topological polar surface area (TPSA) is 48.6 Å². The first-order valence-corrected chi connectivity index (χ1v) is 7.43. The Hall–Kier alpha value is -2.81. The van der Waals surface area contributed by atoms with Crippen molar-refractivity contribution in [3.8, 4) is 0 Å². The number of aromatic amines is 2. The maximum Gasteiger partial charge on any atom is 0.141 e. The summed E-state index contributed by atoms with van der Waals surface area (Å²) >= 11 is 0. The maximum atomic E-state index is 12.4. The first-order valence-electron chi connectivity index (χ1n) is 7.43. The molecule has 0 atom stereocenters. The highest BCUT2D eigenvalue weighted by atomic mass is 16.1. The average Bonchev–Trinajstić information content (AvgIpc) is 3.13. The van der Waals surface area contributed by atoms with E-state index in [-0.39, 0.29) is 5.78 Å². The molecular weight excluding hydrogens is 272 g/mol. The molecule has 2 N–H and O–H groups in total. The Morgan fingerprint density at radius 3 is 1.68 bits per heavy atom. The number of aromatic nitrogens is 2. The number of benzene rings is 2. The molecule has 2 aromatic carbocycles. The minimum atomic E-state index is 0.231. The molecule has 0 unspecified atom stereocenters. The SMILES string of the molecule is O=C(Cc1c[nH]c2ccccc12)Cc1c[nH]c2ccccc12. The van der Waals surface area contributed by atoms with Gasteiger partial charge in [0.25, 0.3) is 0 Å². The van der Waals surface area contributed by atoms with Gasteiger partial charge in [-0.15, -0.1) is 0 Å². The highest BCUT2D eigenvalue weighted by Gasteiger charge is 2.11. The molecule has 4 rings (SSSR count). The summed E-state index contributed by atoms with van der Waals surface area (Å²) < 4.78 is 0. The van der Waals surface area contributed by atoms with Gasteiger partial charge in [0.1, 0.15) is 5.78 Å². The van der Waals surface area contributed by atoms with Gasteiger partial charge in [0.15, 0.2) is 0 Å². The standard InChI is InChI=1S/C19H16N2O/c22-15(9-13-11-20-18-7-3-1-5-16(13)18)10-14-12-21-19-8-4-2-6-17(14)19/h1-8,11-12,20-21H,9-10H2. The van der Waals surface area contributed by atoms with E-state index >= 15 is 0 Å². The normalized spacial score (nSPS) is 11.3. The summed E-state index contributed by atoms with van der Waals surface area (Å²) in [6.07, 6.45) is 4.81. The number of carbonyl (C=O) groups is 1. The Balaban J connectivity index is 1.58. The van der Waals surface area contributed by atoms with Crippen LogP contribution in [0.5, 0.6) is 0 Å². The number of para-hydroxylation sites is 2. The Morgan fingerprint density at radius 1 is 0.727 bits per heavy atom. The number of hydrogen-bond donors (Lipinski definition) is 2. The van der Waals surface area contributed by atoms with E-state index in [9.17, 15) is 4.79 Å². The average molecular weight is 288 g/mol.